The summed E-state index contributed by atoms with van der Waals surface area (Å²) in [5.41, 5.74) is 0. The second-order valence-corrected chi connectivity index (χ2v) is 5.65. The number of carbonyl (C=O) groups excluding carboxylic acids is 1. The molecule has 0 radical (unpaired) electrons. The smallest absolute Gasteiger partial charge is 0.326 e. The van der Waals surface area contributed by atoms with E-state index in [9.17, 15) is 9.59 Å². The maximum atomic E-state index is 11.9. The molecule has 118 valence electrons. The Hall–Kier alpha value is -1.30. The van der Waals surface area contributed by atoms with E-state index >= 15 is 0 Å². The lowest BCUT2D eigenvalue weighted by Crippen LogP contribution is -2.51. The lowest BCUT2D eigenvalue weighted by Gasteiger charge is -2.24. The number of hydrogen-bond donors (Lipinski definition) is 3. The van der Waals surface area contributed by atoms with Crippen LogP contribution < -0.4 is 10.6 Å². The highest BCUT2D eigenvalue weighted by Gasteiger charge is 2.23. The van der Waals surface area contributed by atoms with E-state index < -0.39 is 18.0 Å². The van der Waals surface area contributed by atoms with E-state index in [1.54, 1.807) is 0 Å². The van der Waals surface area contributed by atoms with Crippen molar-refractivity contribution in [2.24, 2.45) is 11.8 Å². The Morgan fingerprint density at radius 3 is 2.15 bits per heavy atom. The number of carboxylic acids is 1. The Bertz CT molecular complexity index is 306. The highest BCUT2D eigenvalue weighted by Crippen LogP contribution is 2.06. The number of nitrogens with one attached hydrogen (secondary N) is 2. The molecule has 0 saturated heterocycles. The van der Waals surface area contributed by atoms with Crippen molar-refractivity contribution in [1.82, 2.24) is 10.6 Å². The fraction of sp³-hybridized carbons (Fsp3) is 0.857. The second kappa shape index (κ2) is 9.58. The third-order valence-electron chi connectivity index (χ3n) is 2.93. The van der Waals surface area contributed by atoms with Gasteiger partial charge in [0.25, 0.3) is 0 Å². The molecule has 0 fully saturated rings. The first-order chi connectivity index (χ1) is 9.27. The van der Waals surface area contributed by atoms with Crippen molar-refractivity contribution in [1.29, 1.82) is 0 Å². The lowest BCUT2D eigenvalue weighted by atomic mass is 10.0. The number of hydrogen-bond acceptors (Lipinski definition) is 3. The van der Waals surface area contributed by atoms with Crippen LogP contribution in [0.5, 0.6) is 0 Å². The van der Waals surface area contributed by atoms with Crippen LogP contribution in [-0.2, 0) is 9.53 Å². The molecule has 2 unspecified atom stereocenters. The average molecular weight is 288 g/mol. The molecule has 0 aromatic carbocycles. The van der Waals surface area contributed by atoms with E-state index in [2.05, 4.69) is 10.6 Å². The summed E-state index contributed by atoms with van der Waals surface area (Å²) < 4.78 is 5.32. The van der Waals surface area contributed by atoms with Gasteiger partial charge in [-0.2, -0.15) is 0 Å². The standard InChI is InChI=1S/C14H28N2O4/c1-6-20-8-12(10(4)5)16-14(19)15-11(13(17)18)7-9(2)3/h9-12H,6-8H2,1-5H3,(H,17,18)(H2,15,16,19). The van der Waals surface area contributed by atoms with Gasteiger partial charge in [-0.05, 0) is 25.2 Å². The SMILES string of the molecule is CCOCC(NC(=O)NC(CC(C)C)C(=O)O)C(C)C. The van der Waals surface area contributed by atoms with Crippen LogP contribution in [0.1, 0.15) is 41.0 Å². The first kappa shape index (κ1) is 18.7. The van der Waals surface area contributed by atoms with Gasteiger partial charge in [-0.3, -0.25) is 0 Å². The molecule has 0 spiro atoms. The summed E-state index contributed by atoms with van der Waals surface area (Å²) in [7, 11) is 0. The number of urea groups is 1. The Kier molecular flexibility index (Phi) is 8.96. The highest BCUT2D eigenvalue weighted by atomic mass is 16.5. The van der Waals surface area contributed by atoms with Crippen LogP contribution in [0.4, 0.5) is 4.79 Å². The molecule has 6 nitrogen and oxygen atoms in total. The predicted molar refractivity (Wildman–Crippen MR) is 77.7 cm³/mol. The number of rotatable bonds is 9. The fourth-order valence-corrected chi connectivity index (χ4v) is 1.71. The van der Waals surface area contributed by atoms with Gasteiger partial charge in [0.05, 0.1) is 12.6 Å². The molecule has 0 aliphatic rings. The van der Waals surface area contributed by atoms with Crippen molar-refractivity contribution in [2.75, 3.05) is 13.2 Å². The molecule has 3 N–H and O–H groups in total. The summed E-state index contributed by atoms with van der Waals surface area (Å²) >= 11 is 0. The van der Waals surface area contributed by atoms with Crippen LogP contribution in [0.2, 0.25) is 0 Å². The lowest BCUT2D eigenvalue weighted by molar-refractivity contribution is -0.139. The topological polar surface area (TPSA) is 87.7 Å². The van der Waals surface area contributed by atoms with Gasteiger partial charge < -0.3 is 20.5 Å². The maximum Gasteiger partial charge on any atom is 0.326 e. The van der Waals surface area contributed by atoms with Crippen LogP contribution in [0.25, 0.3) is 0 Å². The zero-order valence-electron chi connectivity index (χ0n) is 13.1. The van der Waals surface area contributed by atoms with E-state index in [1.165, 1.54) is 0 Å². The number of amides is 2. The first-order valence-corrected chi connectivity index (χ1v) is 7.15. The molecule has 0 aliphatic heterocycles. The molecule has 0 saturated carbocycles. The van der Waals surface area contributed by atoms with Crippen LogP contribution in [0.3, 0.4) is 0 Å². The molecule has 2 atom stereocenters. The summed E-state index contributed by atoms with van der Waals surface area (Å²) in [6.07, 6.45) is 0.403. The molecular formula is C14H28N2O4. The van der Waals surface area contributed by atoms with Gasteiger partial charge >= 0.3 is 12.0 Å². The molecule has 6 heteroatoms. The predicted octanol–water partition coefficient (Wildman–Crippen LogP) is 1.85. The summed E-state index contributed by atoms with van der Waals surface area (Å²) in [6.45, 7) is 10.7. The molecule has 20 heavy (non-hydrogen) atoms. The van der Waals surface area contributed by atoms with Crippen molar-refractivity contribution in [3.63, 3.8) is 0 Å². The normalized spacial score (nSPS) is 14.2. The fourth-order valence-electron chi connectivity index (χ4n) is 1.71. The van der Waals surface area contributed by atoms with Gasteiger partial charge in [0.15, 0.2) is 0 Å². The minimum Gasteiger partial charge on any atom is -0.480 e. The van der Waals surface area contributed by atoms with Crippen LogP contribution in [0.15, 0.2) is 0 Å². The summed E-state index contributed by atoms with van der Waals surface area (Å²) in [5, 5.41) is 14.4. The average Bonchev–Trinajstić information content (AvgIpc) is 2.32. The van der Waals surface area contributed by atoms with E-state index in [0.29, 0.717) is 19.6 Å². The zero-order chi connectivity index (χ0) is 15.7. The zero-order valence-corrected chi connectivity index (χ0v) is 13.1. The van der Waals surface area contributed by atoms with Crippen molar-refractivity contribution < 1.29 is 19.4 Å². The van der Waals surface area contributed by atoms with Crippen molar-refractivity contribution >= 4 is 12.0 Å². The van der Waals surface area contributed by atoms with Crippen LogP contribution >= 0.6 is 0 Å². The van der Waals surface area contributed by atoms with E-state index in [1.807, 2.05) is 34.6 Å². The molecule has 0 aromatic heterocycles. The van der Waals surface area contributed by atoms with E-state index in [0.717, 1.165) is 0 Å². The maximum absolute atomic E-state index is 11.9. The van der Waals surface area contributed by atoms with Gasteiger partial charge in [0.1, 0.15) is 6.04 Å². The molecular weight excluding hydrogens is 260 g/mol. The largest absolute Gasteiger partial charge is 0.480 e. The molecule has 0 bridgehead atoms. The minimum atomic E-state index is -1.01. The summed E-state index contributed by atoms with van der Waals surface area (Å²) in [4.78, 5) is 23.0. The number of carboxylic acid groups (broad SMARTS) is 1. The number of carbonyl (C=O) groups is 2. The summed E-state index contributed by atoms with van der Waals surface area (Å²) in [5.74, 6) is -0.610. The summed E-state index contributed by atoms with van der Waals surface area (Å²) in [6, 6.07) is -1.46. The third-order valence-corrected chi connectivity index (χ3v) is 2.93. The van der Waals surface area contributed by atoms with Gasteiger partial charge in [-0.15, -0.1) is 0 Å². The number of ether oxygens (including phenoxy) is 1. The van der Waals surface area contributed by atoms with Gasteiger partial charge in [0.2, 0.25) is 0 Å². The minimum absolute atomic E-state index is 0.136. The van der Waals surface area contributed by atoms with Crippen molar-refractivity contribution in [3.05, 3.63) is 0 Å². The Morgan fingerprint density at radius 2 is 1.75 bits per heavy atom. The van der Waals surface area contributed by atoms with Crippen molar-refractivity contribution in [2.45, 2.75) is 53.1 Å². The molecule has 0 aliphatic carbocycles. The van der Waals surface area contributed by atoms with E-state index in [-0.39, 0.29) is 17.9 Å². The molecule has 0 heterocycles. The molecule has 2 amide bonds. The van der Waals surface area contributed by atoms with Gasteiger partial charge in [0, 0.05) is 6.61 Å². The monoisotopic (exact) mass is 288 g/mol. The van der Waals surface area contributed by atoms with E-state index in [4.69, 9.17) is 9.84 Å². The second-order valence-electron chi connectivity index (χ2n) is 5.65. The number of aliphatic carboxylic acids is 1. The molecule has 0 aromatic rings. The van der Waals surface area contributed by atoms with Crippen LogP contribution in [0, 0.1) is 11.8 Å². The van der Waals surface area contributed by atoms with Gasteiger partial charge in [-0.1, -0.05) is 27.7 Å². The third kappa shape index (κ3) is 7.99. The Labute approximate surface area is 121 Å². The van der Waals surface area contributed by atoms with Gasteiger partial charge in [-0.25, -0.2) is 9.59 Å². The highest BCUT2D eigenvalue weighted by molar-refractivity contribution is 5.82. The first-order valence-electron chi connectivity index (χ1n) is 7.15. The van der Waals surface area contributed by atoms with Crippen LogP contribution in [-0.4, -0.2) is 42.4 Å². The van der Waals surface area contributed by atoms with Crippen molar-refractivity contribution in [3.8, 4) is 0 Å². The molecule has 0 rings (SSSR count). The Morgan fingerprint density at radius 1 is 1.15 bits per heavy atom. The Balaban J connectivity index is 4.44. The quantitative estimate of drug-likeness (QED) is 0.604.